The minimum Gasteiger partial charge on any atom is -0.207 e. The number of halogens is 1. The molecule has 0 bridgehead atoms. The van der Waals surface area contributed by atoms with Crippen molar-refractivity contribution in [2.45, 2.75) is 17.7 Å². The van der Waals surface area contributed by atoms with Gasteiger partial charge in [-0.15, -0.1) is 0 Å². The Bertz CT molecular complexity index is 599. The van der Waals surface area contributed by atoms with Gasteiger partial charge in [-0.1, -0.05) is 17.7 Å². The first-order valence-corrected chi connectivity index (χ1v) is 7.34. The van der Waals surface area contributed by atoms with Gasteiger partial charge in [-0.2, -0.15) is 14.8 Å². The fourth-order valence-electron chi connectivity index (χ4n) is 1.48. The Labute approximate surface area is 117 Å². The minimum absolute atomic E-state index is 0.0625. The van der Waals surface area contributed by atoms with Gasteiger partial charge in [0, 0.05) is 31.0 Å². The second kappa shape index (κ2) is 7.10. The van der Waals surface area contributed by atoms with Crippen molar-refractivity contribution in [3.8, 4) is 12.1 Å². The first-order chi connectivity index (χ1) is 9.02. The lowest BCUT2D eigenvalue weighted by Crippen LogP contribution is -2.32. The first-order valence-electron chi connectivity index (χ1n) is 5.52. The lowest BCUT2D eigenvalue weighted by atomic mass is 10.4. The highest BCUT2D eigenvalue weighted by Gasteiger charge is 2.23. The number of rotatable bonds is 6. The van der Waals surface area contributed by atoms with E-state index in [-0.39, 0.29) is 30.8 Å². The Morgan fingerprint density at radius 2 is 1.74 bits per heavy atom. The average molecular weight is 298 g/mol. The summed E-state index contributed by atoms with van der Waals surface area (Å²) in [7, 11) is -3.72. The Morgan fingerprint density at radius 1 is 1.16 bits per heavy atom. The van der Waals surface area contributed by atoms with Crippen molar-refractivity contribution in [1.82, 2.24) is 4.31 Å². The molecule has 5 nitrogen and oxygen atoms in total. The van der Waals surface area contributed by atoms with Gasteiger partial charge < -0.3 is 0 Å². The molecule has 0 radical (unpaired) electrons. The maximum atomic E-state index is 12.3. The summed E-state index contributed by atoms with van der Waals surface area (Å²) in [6, 6.07) is 9.70. The van der Waals surface area contributed by atoms with E-state index in [0.29, 0.717) is 5.02 Å². The number of nitrogens with zero attached hydrogens (tertiary/aromatic N) is 3. The fraction of sp³-hybridized carbons (Fsp3) is 0.333. The topological polar surface area (TPSA) is 85.0 Å². The summed E-state index contributed by atoms with van der Waals surface area (Å²) in [5.74, 6) is 0. The minimum atomic E-state index is -3.72. The maximum Gasteiger partial charge on any atom is 0.243 e. The molecule has 1 rings (SSSR count). The molecule has 0 saturated carbocycles. The zero-order chi connectivity index (χ0) is 14.3. The molecular formula is C12H12ClN3O2S. The molecule has 0 spiro atoms. The molecule has 0 aliphatic rings. The predicted octanol–water partition coefficient (Wildman–Crippen LogP) is 2.16. The molecule has 0 amide bonds. The van der Waals surface area contributed by atoms with E-state index in [4.69, 9.17) is 22.1 Å². The summed E-state index contributed by atoms with van der Waals surface area (Å²) in [5, 5.41) is 17.4. The van der Waals surface area contributed by atoms with Crippen LogP contribution in [0.15, 0.2) is 29.2 Å². The van der Waals surface area contributed by atoms with Crippen LogP contribution in [0.5, 0.6) is 0 Å². The molecule has 19 heavy (non-hydrogen) atoms. The number of hydrogen-bond acceptors (Lipinski definition) is 4. The highest BCUT2D eigenvalue weighted by molar-refractivity contribution is 7.89. The molecule has 7 heteroatoms. The van der Waals surface area contributed by atoms with E-state index >= 15 is 0 Å². The normalized spacial score (nSPS) is 10.9. The molecule has 0 aromatic heterocycles. The summed E-state index contributed by atoms with van der Waals surface area (Å²) in [6.07, 6.45) is 0.149. The average Bonchev–Trinajstić information content (AvgIpc) is 2.38. The molecule has 0 N–H and O–H groups in total. The quantitative estimate of drug-likeness (QED) is 0.805. The van der Waals surface area contributed by atoms with Crippen LogP contribution < -0.4 is 0 Å². The van der Waals surface area contributed by atoms with Crippen LogP contribution in [0.1, 0.15) is 12.8 Å². The van der Waals surface area contributed by atoms with Crippen LogP contribution in [0, 0.1) is 22.7 Å². The summed E-state index contributed by atoms with van der Waals surface area (Å²) in [6.45, 7) is 0.125. The molecule has 1 aromatic rings. The van der Waals surface area contributed by atoms with E-state index < -0.39 is 10.0 Å². The molecule has 0 aliphatic carbocycles. The SMILES string of the molecule is N#CCCN(CCC#N)S(=O)(=O)c1cccc(Cl)c1. The highest BCUT2D eigenvalue weighted by Crippen LogP contribution is 2.20. The molecule has 0 aliphatic heterocycles. The van der Waals surface area contributed by atoms with Gasteiger partial charge >= 0.3 is 0 Å². The van der Waals surface area contributed by atoms with Crippen LogP contribution in [0.2, 0.25) is 5.02 Å². The summed E-state index contributed by atoms with van der Waals surface area (Å²) in [4.78, 5) is 0.0656. The van der Waals surface area contributed by atoms with Gasteiger partial charge in [-0.25, -0.2) is 8.42 Å². The second-order valence-corrected chi connectivity index (χ2v) is 6.05. The molecule has 0 unspecified atom stereocenters. The lowest BCUT2D eigenvalue weighted by molar-refractivity contribution is 0.425. The number of nitriles is 2. The second-order valence-electron chi connectivity index (χ2n) is 3.68. The monoisotopic (exact) mass is 297 g/mol. The van der Waals surface area contributed by atoms with E-state index in [1.54, 1.807) is 12.1 Å². The van der Waals surface area contributed by atoms with Crippen molar-refractivity contribution in [2.24, 2.45) is 0 Å². The standard InChI is InChI=1S/C12H12ClN3O2S/c13-11-4-1-5-12(10-11)19(17,18)16(8-2-6-14)9-3-7-15/h1,4-5,10H,2-3,8-9H2. The number of benzene rings is 1. The third kappa shape index (κ3) is 4.22. The maximum absolute atomic E-state index is 12.3. The first kappa shape index (κ1) is 15.5. The molecular weight excluding hydrogens is 286 g/mol. The van der Waals surface area contributed by atoms with Crippen LogP contribution in [-0.4, -0.2) is 25.8 Å². The zero-order valence-electron chi connectivity index (χ0n) is 10.1. The van der Waals surface area contributed by atoms with Crippen molar-refractivity contribution < 1.29 is 8.42 Å². The van der Waals surface area contributed by atoms with Crippen molar-refractivity contribution >= 4 is 21.6 Å². The van der Waals surface area contributed by atoms with Crippen LogP contribution in [-0.2, 0) is 10.0 Å². The van der Waals surface area contributed by atoms with Crippen molar-refractivity contribution in [3.63, 3.8) is 0 Å². The van der Waals surface area contributed by atoms with Crippen molar-refractivity contribution in [3.05, 3.63) is 29.3 Å². The largest absolute Gasteiger partial charge is 0.243 e. The van der Waals surface area contributed by atoms with Crippen LogP contribution in [0.25, 0.3) is 0 Å². The summed E-state index contributed by atoms with van der Waals surface area (Å²) >= 11 is 5.78. The van der Waals surface area contributed by atoms with E-state index in [2.05, 4.69) is 0 Å². The van der Waals surface area contributed by atoms with Gasteiger partial charge in [-0.05, 0) is 18.2 Å². The Morgan fingerprint density at radius 3 is 2.21 bits per heavy atom. The number of sulfonamides is 1. The Hall–Kier alpha value is -1.60. The van der Waals surface area contributed by atoms with Gasteiger partial charge in [0.2, 0.25) is 10.0 Å². The van der Waals surface area contributed by atoms with Crippen LogP contribution in [0.4, 0.5) is 0 Å². The molecule has 100 valence electrons. The fourth-order valence-corrected chi connectivity index (χ4v) is 3.22. The molecule has 0 saturated heterocycles. The third-order valence-corrected chi connectivity index (χ3v) is 4.51. The highest BCUT2D eigenvalue weighted by atomic mass is 35.5. The molecule has 1 aromatic carbocycles. The van der Waals surface area contributed by atoms with Crippen LogP contribution in [0.3, 0.4) is 0 Å². The Kier molecular flexibility index (Phi) is 5.78. The van der Waals surface area contributed by atoms with Crippen molar-refractivity contribution in [2.75, 3.05) is 13.1 Å². The zero-order valence-corrected chi connectivity index (χ0v) is 11.7. The molecule has 0 atom stereocenters. The van der Waals surface area contributed by atoms with Crippen LogP contribution >= 0.6 is 11.6 Å². The van der Waals surface area contributed by atoms with Gasteiger partial charge in [0.05, 0.1) is 17.0 Å². The van der Waals surface area contributed by atoms with Gasteiger partial charge in [-0.3, -0.25) is 0 Å². The van der Waals surface area contributed by atoms with E-state index in [1.165, 1.54) is 12.1 Å². The number of hydrogen-bond donors (Lipinski definition) is 0. The molecule has 0 heterocycles. The predicted molar refractivity (Wildman–Crippen MR) is 70.7 cm³/mol. The Balaban J connectivity index is 3.05. The van der Waals surface area contributed by atoms with E-state index in [1.807, 2.05) is 12.1 Å². The van der Waals surface area contributed by atoms with E-state index in [9.17, 15) is 8.42 Å². The molecule has 0 fully saturated rings. The summed E-state index contributed by atoms with van der Waals surface area (Å²) < 4.78 is 25.8. The van der Waals surface area contributed by atoms with Gasteiger partial charge in [0.25, 0.3) is 0 Å². The van der Waals surface area contributed by atoms with Gasteiger partial charge in [0.15, 0.2) is 0 Å². The van der Waals surface area contributed by atoms with E-state index in [0.717, 1.165) is 4.31 Å². The summed E-state index contributed by atoms with van der Waals surface area (Å²) in [5.41, 5.74) is 0. The lowest BCUT2D eigenvalue weighted by Gasteiger charge is -2.20. The smallest absolute Gasteiger partial charge is 0.207 e. The van der Waals surface area contributed by atoms with Crippen molar-refractivity contribution in [1.29, 1.82) is 10.5 Å². The third-order valence-electron chi connectivity index (χ3n) is 2.38. The van der Waals surface area contributed by atoms with Gasteiger partial charge in [0.1, 0.15) is 0 Å².